The number of H-pyrrole nitrogens is 1. The number of piperidine rings is 1. The van der Waals surface area contributed by atoms with Gasteiger partial charge in [0.05, 0.1) is 0 Å². The molecule has 1 N–H and O–H groups in total. The lowest BCUT2D eigenvalue weighted by molar-refractivity contribution is 0.0889. The van der Waals surface area contributed by atoms with E-state index in [9.17, 15) is 0 Å². The number of rotatable bonds is 4. The summed E-state index contributed by atoms with van der Waals surface area (Å²) in [5.41, 5.74) is 4.98. The van der Waals surface area contributed by atoms with Crippen molar-refractivity contribution in [1.29, 1.82) is 0 Å². The van der Waals surface area contributed by atoms with Crippen molar-refractivity contribution >= 4 is 0 Å². The molecule has 3 aliphatic heterocycles. The van der Waals surface area contributed by atoms with E-state index in [4.69, 9.17) is 4.74 Å². The third-order valence-corrected chi connectivity index (χ3v) is 8.04. The number of nitrogens with one attached hydrogen (secondary N) is 1. The molecule has 0 saturated carbocycles. The number of aromatic amines is 1. The van der Waals surface area contributed by atoms with Gasteiger partial charge in [-0.2, -0.15) is 0 Å². The summed E-state index contributed by atoms with van der Waals surface area (Å²) in [6, 6.07) is 27.3. The largest absolute Gasteiger partial charge is 0.457 e. The van der Waals surface area contributed by atoms with Gasteiger partial charge in [-0.25, -0.2) is 5.10 Å². The van der Waals surface area contributed by atoms with Crippen LogP contribution in [0.5, 0.6) is 11.5 Å². The summed E-state index contributed by atoms with van der Waals surface area (Å²) in [5, 5.41) is 14.4. The number of aromatic nitrogens is 4. The lowest BCUT2D eigenvalue weighted by Gasteiger charge is -2.43. The third kappa shape index (κ3) is 3.32. The molecule has 3 unspecified atom stereocenters. The molecule has 3 aliphatic rings. The SMILES string of the molecule is c1ccc(CN2C3CCC2CC(C2c4ccccc4Oc4cc(-c5nnn[nH]5)ccc42)C3)cc1. The van der Waals surface area contributed by atoms with E-state index >= 15 is 0 Å². The van der Waals surface area contributed by atoms with Crippen molar-refractivity contribution < 1.29 is 4.74 Å². The maximum absolute atomic E-state index is 6.41. The highest BCUT2D eigenvalue weighted by atomic mass is 16.5. The van der Waals surface area contributed by atoms with E-state index in [1.807, 2.05) is 0 Å². The van der Waals surface area contributed by atoms with Crippen molar-refractivity contribution in [3.05, 3.63) is 89.5 Å². The number of nitrogens with zero attached hydrogens (tertiary/aromatic N) is 4. The Hall–Kier alpha value is -3.51. The Kier molecular flexibility index (Phi) is 4.72. The summed E-state index contributed by atoms with van der Waals surface area (Å²) in [7, 11) is 0. The second-order valence-electron chi connectivity index (χ2n) is 9.89. The Morgan fingerprint density at radius 2 is 1.62 bits per heavy atom. The van der Waals surface area contributed by atoms with E-state index in [2.05, 4.69) is 98.3 Å². The van der Waals surface area contributed by atoms with Gasteiger partial charge in [0.2, 0.25) is 0 Å². The maximum atomic E-state index is 6.41. The van der Waals surface area contributed by atoms with Crippen LogP contribution in [0.1, 0.15) is 48.3 Å². The smallest absolute Gasteiger partial charge is 0.179 e. The van der Waals surface area contributed by atoms with Crippen molar-refractivity contribution in [1.82, 2.24) is 25.5 Å². The standard InChI is InChI=1S/C28H27N5O/c1-2-6-18(7-3-1)17-33-21-11-12-22(33)15-20(14-21)27-23-8-4-5-9-25(23)34-26-16-19(10-13-24(26)27)28-29-31-32-30-28/h1-10,13,16,20-22,27H,11-12,14-15,17H2,(H,29,30,31,32). The quantitative estimate of drug-likeness (QED) is 0.443. The maximum Gasteiger partial charge on any atom is 0.179 e. The first-order valence-corrected chi connectivity index (χ1v) is 12.3. The van der Waals surface area contributed by atoms with Crippen LogP contribution in [0.25, 0.3) is 11.4 Å². The van der Waals surface area contributed by atoms with Crippen LogP contribution in [-0.4, -0.2) is 37.6 Å². The molecule has 0 amide bonds. The van der Waals surface area contributed by atoms with Gasteiger partial charge in [0.25, 0.3) is 0 Å². The Balaban J connectivity index is 1.22. The molecular formula is C28H27N5O. The molecular weight excluding hydrogens is 422 g/mol. The molecule has 2 fully saturated rings. The fourth-order valence-electron chi connectivity index (χ4n) is 6.57. The number of hydrogen-bond acceptors (Lipinski definition) is 5. The van der Waals surface area contributed by atoms with Crippen LogP contribution < -0.4 is 4.74 Å². The monoisotopic (exact) mass is 449 g/mol. The highest BCUT2D eigenvalue weighted by Gasteiger charge is 2.45. The first-order chi connectivity index (χ1) is 16.8. The fourth-order valence-corrected chi connectivity index (χ4v) is 6.57. The summed E-state index contributed by atoms with van der Waals surface area (Å²) >= 11 is 0. The molecule has 0 aliphatic carbocycles. The molecule has 3 aromatic carbocycles. The first kappa shape index (κ1) is 19.9. The van der Waals surface area contributed by atoms with Crippen LogP contribution in [0.3, 0.4) is 0 Å². The van der Waals surface area contributed by atoms with Gasteiger partial charge in [-0.1, -0.05) is 60.7 Å². The Morgan fingerprint density at radius 1 is 0.853 bits per heavy atom. The van der Waals surface area contributed by atoms with E-state index in [0.717, 1.165) is 23.6 Å². The van der Waals surface area contributed by atoms with Crippen molar-refractivity contribution in [3.63, 3.8) is 0 Å². The number of fused-ring (bicyclic) bond motifs is 4. The second-order valence-corrected chi connectivity index (χ2v) is 9.89. The first-order valence-electron chi connectivity index (χ1n) is 12.3. The molecule has 1 aromatic heterocycles. The molecule has 170 valence electrons. The molecule has 7 rings (SSSR count). The summed E-state index contributed by atoms with van der Waals surface area (Å²) in [4.78, 5) is 2.78. The number of tetrazole rings is 1. The van der Waals surface area contributed by atoms with Crippen LogP contribution in [0, 0.1) is 5.92 Å². The van der Waals surface area contributed by atoms with Gasteiger partial charge in [0.1, 0.15) is 11.5 Å². The van der Waals surface area contributed by atoms with Gasteiger partial charge in [0, 0.05) is 41.2 Å². The Labute approximate surface area is 199 Å². The van der Waals surface area contributed by atoms with Crippen molar-refractivity contribution in [3.8, 4) is 22.9 Å². The van der Waals surface area contributed by atoms with Crippen LogP contribution in [0.4, 0.5) is 0 Å². The summed E-state index contributed by atoms with van der Waals surface area (Å²) in [6.07, 6.45) is 5.08. The van der Waals surface area contributed by atoms with Gasteiger partial charge in [-0.15, -0.1) is 5.10 Å². The fraction of sp³-hybridized carbons (Fsp3) is 0.321. The van der Waals surface area contributed by atoms with Crippen molar-refractivity contribution in [2.24, 2.45) is 5.92 Å². The normalized spacial score (nSPS) is 25.4. The predicted molar refractivity (Wildman–Crippen MR) is 129 cm³/mol. The number of hydrogen-bond donors (Lipinski definition) is 1. The number of para-hydroxylation sites is 1. The molecule has 0 spiro atoms. The zero-order valence-corrected chi connectivity index (χ0v) is 19.0. The summed E-state index contributed by atoms with van der Waals surface area (Å²) in [5.74, 6) is 3.52. The van der Waals surface area contributed by atoms with Gasteiger partial charge >= 0.3 is 0 Å². The Bertz CT molecular complexity index is 1290. The number of benzene rings is 3. The predicted octanol–water partition coefficient (Wildman–Crippen LogP) is 5.55. The highest BCUT2D eigenvalue weighted by Crippen LogP contribution is 2.53. The van der Waals surface area contributed by atoms with E-state index < -0.39 is 0 Å². The highest BCUT2D eigenvalue weighted by molar-refractivity contribution is 5.63. The van der Waals surface area contributed by atoms with Gasteiger partial charge in [0.15, 0.2) is 5.82 Å². The van der Waals surface area contributed by atoms with Crippen molar-refractivity contribution in [2.45, 2.75) is 50.2 Å². The topological polar surface area (TPSA) is 66.9 Å². The van der Waals surface area contributed by atoms with E-state index in [0.29, 0.717) is 29.7 Å². The second kappa shape index (κ2) is 8.06. The van der Waals surface area contributed by atoms with Crippen LogP contribution in [0.15, 0.2) is 72.8 Å². The molecule has 0 radical (unpaired) electrons. The molecule has 3 atom stereocenters. The zero-order valence-electron chi connectivity index (χ0n) is 19.0. The lowest BCUT2D eigenvalue weighted by Crippen LogP contribution is -2.43. The third-order valence-electron chi connectivity index (χ3n) is 8.04. The zero-order chi connectivity index (χ0) is 22.5. The van der Waals surface area contributed by atoms with Crippen LogP contribution in [-0.2, 0) is 6.54 Å². The number of ether oxygens (including phenoxy) is 1. The minimum Gasteiger partial charge on any atom is -0.457 e. The van der Waals surface area contributed by atoms with E-state index in [1.54, 1.807) is 0 Å². The summed E-state index contributed by atoms with van der Waals surface area (Å²) in [6.45, 7) is 1.07. The molecule has 34 heavy (non-hydrogen) atoms. The van der Waals surface area contributed by atoms with Crippen LogP contribution >= 0.6 is 0 Å². The summed E-state index contributed by atoms with van der Waals surface area (Å²) < 4.78 is 6.41. The lowest BCUT2D eigenvalue weighted by atomic mass is 9.72. The molecule has 4 heterocycles. The average Bonchev–Trinajstić information content (AvgIpc) is 3.49. The molecule has 4 aromatic rings. The molecule has 2 bridgehead atoms. The van der Waals surface area contributed by atoms with Gasteiger partial charge in [-0.3, -0.25) is 4.90 Å². The van der Waals surface area contributed by atoms with Gasteiger partial charge < -0.3 is 4.74 Å². The molecule has 6 heteroatoms. The van der Waals surface area contributed by atoms with E-state index in [-0.39, 0.29) is 0 Å². The van der Waals surface area contributed by atoms with Crippen molar-refractivity contribution in [2.75, 3.05) is 0 Å². The molecule has 2 saturated heterocycles. The van der Waals surface area contributed by atoms with Crippen LogP contribution in [0.2, 0.25) is 0 Å². The minimum absolute atomic E-state index is 0.351. The molecule has 6 nitrogen and oxygen atoms in total. The Morgan fingerprint density at radius 3 is 2.41 bits per heavy atom. The van der Waals surface area contributed by atoms with Gasteiger partial charge in [-0.05, 0) is 59.7 Å². The minimum atomic E-state index is 0.351. The average molecular weight is 450 g/mol. The van der Waals surface area contributed by atoms with E-state index in [1.165, 1.54) is 42.4 Å².